The van der Waals surface area contributed by atoms with Gasteiger partial charge >= 0.3 is 0 Å². The number of hydrogen-bond donors (Lipinski definition) is 2. The second-order valence-corrected chi connectivity index (χ2v) is 7.18. The first-order chi connectivity index (χ1) is 13.3. The van der Waals surface area contributed by atoms with Gasteiger partial charge in [-0.1, -0.05) is 30.1 Å². The van der Waals surface area contributed by atoms with Crippen molar-refractivity contribution in [1.29, 1.82) is 0 Å². The fraction of sp³-hybridized carbons (Fsp3) is 0.211. The topological polar surface area (TPSA) is 80.0 Å². The van der Waals surface area contributed by atoms with Crippen LogP contribution in [0.2, 0.25) is 10.0 Å². The summed E-state index contributed by atoms with van der Waals surface area (Å²) in [5.41, 5.74) is 2.01. The molecule has 4 rings (SSSR count). The molecule has 2 aromatic carbocycles. The number of hydrogen-bond acceptors (Lipinski definition) is 4. The van der Waals surface area contributed by atoms with E-state index in [1.807, 2.05) is 23.6 Å². The number of fused-ring (bicyclic) bond motifs is 3. The molecule has 28 heavy (non-hydrogen) atoms. The molecule has 0 saturated carbocycles. The highest BCUT2D eigenvalue weighted by Crippen LogP contribution is 2.35. The van der Waals surface area contributed by atoms with E-state index in [4.69, 9.17) is 33.1 Å². The van der Waals surface area contributed by atoms with E-state index in [1.165, 1.54) is 12.1 Å². The number of anilines is 1. The molecule has 1 aliphatic heterocycles. The zero-order chi connectivity index (χ0) is 20.4. The minimum absolute atomic E-state index is 0.0969. The zero-order valence-electron chi connectivity index (χ0n) is 15.1. The van der Waals surface area contributed by atoms with E-state index in [9.17, 15) is 4.39 Å². The molecule has 1 aromatic heterocycles. The Kier molecular flexibility index (Phi) is 5.86. The van der Waals surface area contributed by atoms with E-state index in [0.29, 0.717) is 28.0 Å². The van der Waals surface area contributed by atoms with E-state index in [-0.39, 0.29) is 5.92 Å². The van der Waals surface area contributed by atoms with E-state index >= 15 is 0 Å². The van der Waals surface area contributed by atoms with Crippen LogP contribution in [0.4, 0.5) is 10.1 Å². The second kappa shape index (κ2) is 8.16. The number of carboxylic acid groups (broad SMARTS) is 1. The number of nitrogens with one attached hydrogen (secondary N) is 1. The number of aromatic nitrogens is 3. The van der Waals surface area contributed by atoms with Crippen LogP contribution in [-0.2, 0) is 4.79 Å². The molecule has 2 heterocycles. The number of aliphatic carboxylic acids is 1. The predicted octanol–water partition coefficient (Wildman–Crippen LogP) is 5.00. The molecule has 0 spiro atoms. The summed E-state index contributed by atoms with van der Waals surface area (Å²) in [6.07, 6.45) is 0. The lowest BCUT2D eigenvalue weighted by Crippen LogP contribution is -2.09. The van der Waals surface area contributed by atoms with Gasteiger partial charge in [-0.3, -0.25) is 9.36 Å². The molecule has 146 valence electrons. The molecule has 0 radical (unpaired) electrons. The lowest BCUT2D eigenvalue weighted by Gasteiger charge is -2.13. The molecule has 1 unspecified atom stereocenters. The molecule has 1 aliphatic rings. The van der Waals surface area contributed by atoms with E-state index in [2.05, 4.69) is 15.5 Å². The highest BCUT2D eigenvalue weighted by molar-refractivity contribution is 6.31. The van der Waals surface area contributed by atoms with Crippen molar-refractivity contribution in [3.05, 3.63) is 58.1 Å². The largest absolute Gasteiger partial charge is 0.481 e. The van der Waals surface area contributed by atoms with Gasteiger partial charge in [-0.15, -0.1) is 10.2 Å². The number of rotatable bonds is 1. The smallest absolute Gasteiger partial charge is 0.300 e. The molecule has 0 aliphatic carbocycles. The summed E-state index contributed by atoms with van der Waals surface area (Å²) in [4.78, 5) is 9.00. The molecule has 6 nitrogen and oxygen atoms in total. The van der Waals surface area contributed by atoms with Crippen LogP contribution < -0.4 is 5.32 Å². The van der Waals surface area contributed by atoms with Crippen LogP contribution in [0.25, 0.3) is 17.1 Å². The van der Waals surface area contributed by atoms with Crippen molar-refractivity contribution < 1.29 is 14.3 Å². The van der Waals surface area contributed by atoms with Gasteiger partial charge in [0.25, 0.3) is 5.97 Å². The van der Waals surface area contributed by atoms with Crippen LogP contribution in [-0.4, -0.2) is 32.4 Å². The van der Waals surface area contributed by atoms with Gasteiger partial charge < -0.3 is 10.4 Å². The van der Waals surface area contributed by atoms with Gasteiger partial charge in [0, 0.05) is 29.4 Å². The molecule has 3 aromatic rings. The Hall–Kier alpha value is -2.64. The molecular weight excluding hydrogens is 406 g/mol. The average Bonchev–Trinajstić information content (AvgIpc) is 3.00. The third-order valence-electron chi connectivity index (χ3n) is 4.10. The monoisotopic (exact) mass is 422 g/mol. The molecule has 9 heteroatoms. The van der Waals surface area contributed by atoms with Gasteiger partial charge in [-0.2, -0.15) is 0 Å². The Bertz CT molecular complexity index is 1030. The second-order valence-electron chi connectivity index (χ2n) is 6.30. The average molecular weight is 423 g/mol. The third kappa shape index (κ3) is 4.10. The first-order valence-corrected chi connectivity index (χ1v) is 9.17. The molecular formula is C19H17Cl2FN4O2. The maximum absolute atomic E-state index is 14.4. The summed E-state index contributed by atoms with van der Waals surface area (Å²) in [5.74, 6) is 0.0525. The Morgan fingerprint density at radius 1 is 1.21 bits per heavy atom. The number of carboxylic acids is 1. The number of halogens is 3. The maximum Gasteiger partial charge on any atom is 0.300 e. The highest BCUT2D eigenvalue weighted by atomic mass is 35.5. The van der Waals surface area contributed by atoms with Crippen molar-refractivity contribution in [3.8, 4) is 17.1 Å². The van der Waals surface area contributed by atoms with Gasteiger partial charge in [-0.25, -0.2) is 4.39 Å². The minimum Gasteiger partial charge on any atom is -0.481 e. The summed E-state index contributed by atoms with van der Waals surface area (Å²) in [6, 6.07) is 9.92. The Morgan fingerprint density at radius 2 is 1.86 bits per heavy atom. The van der Waals surface area contributed by atoms with E-state index in [0.717, 1.165) is 24.1 Å². The molecule has 0 fully saturated rings. The van der Waals surface area contributed by atoms with Crippen molar-refractivity contribution in [1.82, 2.24) is 14.8 Å². The Labute approximate surface area is 170 Å². The fourth-order valence-electron chi connectivity index (χ4n) is 2.90. The number of carbonyl (C=O) groups is 1. The summed E-state index contributed by atoms with van der Waals surface area (Å²) in [6.45, 7) is 3.81. The Balaban J connectivity index is 0.000000516. The first kappa shape index (κ1) is 20.1. The van der Waals surface area contributed by atoms with Crippen molar-refractivity contribution in [3.63, 3.8) is 0 Å². The van der Waals surface area contributed by atoms with Gasteiger partial charge in [-0.05, 0) is 36.4 Å². The lowest BCUT2D eigenvalue weighted by atomic mass is 10.1. The van der Waals surface area contributed by atoms with E-state index < -0.39 is 11.8 Å². The fourth-order valence-corrected chi connectivity index (χ4v) is 3.24. The number of benzene rings is 2. The molecule has 0 saturated heterocycles. The van der Waals surface area contributed by atoms with Crippen LogP contribution in [0, 0.1) is 5.82 Å². The third-order valence-corrected chi connectivity index (χ3v) is 4.57. The van der Waals surface area contributed by atoms with Crippen LogP contribution in [0.1, 0.15) is 25.6 Å². The highest BCUT2D eigenvalue weighted by Gasteiger charge is 2.26. The molecule has 1 atom stereocenters. The van der Waals surface area contributed by atoms with Crippen molar-refractivity contribution >= 4 is 34.9 Å². The van der Waals surface area contributed by atoms with Crippen LogP contribution in [0.5, 0.6) is 0 Å². The predicted molar refractivity (Wildman–Crippen MR) is 107 cm³/mol. The minimum atomic E-state index is -0.833. The van der Waals surface area contributed by atoms with Crippen molar-refractivity contribution in [2.45, 2.75) is 19.8 Å². The summed E-state index contributed by atoms with van der Waals surface area (Å²) in [5, 5.41) is 20.4. The van der Waals surface area contributed by atoms with Crippen molar-refractivity contribution in [2.24, 2.45) is 0 Å². The van der Waals surface area contributed by atoms with E-state index in [1.54, 1.807) is 12.1 Å². The molecule has 2 N–H and O–H groups in total. The van der Waals surface area contributed by atoms with Gasteiger partial charge in [0.1, 0.15) is 11.6 Å². The Morgan fingerprint density at radius 3 is 2.57 bits per heavy atom. The molecule has 0 amide bonds. The molecule has 0 bridgehead atoms. The summed E-state index contributed by atoms with van der Waals surface area (Å²) >= 11 is 12.2. The van der Waals surface area contributed by atoms with Gasteiger partial charge in [0.2, 0.25) is 0 Å². The van der Waals surface area contributed by atoms with Crippen molar-refractivity contribution in [2.75, 3.05) is 11.9 Å². The summed E-state index contributed by atoms with van der Waals surface area (Å²) < 4.78 is 16.2. The zero-order valence-corrected chi connectivity index (χ0v) is 16.6. The lowest BCUT2D eigenvalue weighted by molar-refractivity contribution is -0.134. The standard InChI is InChI=1S/C17H13Cl2FN4.C2H4O2/c1-9-8-21-14-7-11(19)3-5-15(14)24-16(9)22-23-17(24)12-6-10(18)2-4-13(12)20;1-2(3)4/h2-7,9,21H,8H2,1H3;1H3,(H,3,4). The quantitative estimate of drug-likeness (QED) is 0.576. The maximum atomic E-state index is 14.4. The number of nitrogens with zero attached hydrogens (tertiary/aromatic N) is 3. The van der Waals surface area contributed by atoms with Crippen LogP contribution >= 0.6 is 23.2 Å². The summed E-state index contributed by atoms with van der Waals surface area (Å²) in [7, 11) is 0. The van der Waals surface area contributed by atoms with Crippen LogP contribution in [0.15, 0.2) is 36.4 Å². The van der Waals surface area contributed by atoms with Gasteiger partial charge in [0.05, 0.1) is 16.9 Å². The van der Waals surface area contributed by atoms with Crippen LogP contribution in [0.3, 0.4) is 0 Å². The first-order valence-electron chi connectivity index (χ1n) is 8.42. The normalized spacial score (nSPS) is 14.7. The van der Waals surface area contributed by atoms with Gasteiger partial charge in [0.15, 0.2) is 5.82 Å². The SMILES string of the molecule is CC(=O)O.CC1CNc2cc(Cl)ccc2-n2c(-c3cc(Cl)ccc3F)nnc21.